The van der Waals surface area contributed by atoms with Crippen LogP contribution in [0.5, 0.6) is 0 Å². The number of hydrogen-bond acceptors (Lipinski definition) is 4. The van der Waals surface area contributed by atoms with Crippen molar-refractivity contribution in [2.24, 2.45) is 5.41 Å². The maximum Gasteiger partial charge on any atom is 0.432 e. The first-order valence-electron chi connectivity index (χ1n) is 9.11. The van der Waals surface area contributed by atoms with Gasteiger partial charge in [-0.05, 0) is 50.8 Å². The number of ether oxygens (including phenoxy) is 1. The van der Waals surface area contributed by atoms with E-state index in [0.29, 0.717) is 10.1 Å². The number of fused-ring (bicyclic) bond motifs is 1. The minimum absolute atomic E-state index is 0.0436. The maximum absolute atomic E-state index is 13.6. The Balaban J connectivity index is 2.56. The number of hydrogen-bond donors (Lipinski definition) is 1. The number of carbonyl (C=O) groups is 2. The van der Waals surface area contributed by atoms with Crippen LogP contribution in [0.1, 0.15) is 59.2 Å². The summed E-state index contributed by atoms with van der Waals surface area (Å²) in [6, 6.07) is 2.16. The van der Waals surface area contributed by atoms with Gasteiger partial charge in [-0.1, -0.05) is 20.8 Å². The Hall–Kier alpha value is -2.58. The topological polar surface area (TPSA) is 73.2 Å². The monoisotopic (exact) mass is 413 g/mol. The predicted molar refractivity (Wildman–Crippen MR) is 104 cm³/mol. The van der Waals surface area contributed by atoms with Gasteiger partial charge < -0.3 is 10.1 Å². The van der Waals surface area contributed by atoms with Crippen molar-refractivity contribution in [3.63, 3.8) is 0 Å². The number of pyridine rings is 1. The van der Waals surface area contributed by atoms with Gasteiger partial charge >= 0.3 is 12.3 Å². The van der Waals surface area contributed by atoms with Crippen LogP contribution in [0.3, 0.4) is 0 Å². The van der Waals surface area contributed by atoms with Crippen LogP contribution < -0.4 is 5.32 Å². The van der Waals surface area contributed by atoms with Gasteiger partial charge in [0.2, 0.25) is 5.91 Å². The normalized spacial score (nSPS) is 12.9. The van der Waals surface area contributed by atoms with E-state index in [1.807, 2.05) is 20.8 Å². The average molecular weight is 413 g/mol. The molecule has 29 heavy (non-hydrogen) atoms. The molecule has 2 rings (SSSR count). The summed E-state index contributed by atoms with van der Waals surface area (Å²) in [5.74, 6) is -0.142. The lowest BCUT2D eigenvalue weighted by Crippen LogP contribution is -2.29. The molecule has 160 valence electrons. The van der Waals surface area contributed by atoms with Crippen LogP contribution in [0.4, 0.5) is 23.8 Å². The minimum atomic E-state index is -4.79. The maximum atomic E-state index is 13.6. The van der Waals surface area contributed by atoms with E-state index in [9.17, 15) is 22.8 Å². The largest absolute Gasteiger partial charge is 0.443 e. The van der Waals surface area contributed by atoms with Crippen molar-refractivity contribution < 1.29 is 27.5 Å². The lowest BCUT2D eigenvalue weighted by Gasteiger charge is -2.21. The lowest BCUT2D eigenvalue weighted by atomic mass is 9.92. The van der Waals surface area contributed by atoms with Gasteiger partial charge in [0.25, 0.3) is 0 Å². The molecule has 0 aliphatic carbocycles. The Morgan fingerprint density at radius 3 is 2.17 bits per heavy atom. The van der Waals surface area contributed by atoms with Gasteiger partial charge in [0.05, 0.1) is 11.0 Å². The van der Waals surface area contributed by atoms with E-state index in [2.05, 4.69) is 10.3 Å². The van der Waals surface area contributed by atoms with E-state index in [1.165, 1.54) is 6.07 Å². The number of amides is 1. The Labute approximate surface area is 167 Å². The Morgan fingerprint density at radius 2 is 1.69 bits per heavy atom. The van der Waals surface area contributed by atoms with Crippen LogP contribution in [-0.2, 0) is 15.7 Å². The van der Waals surface area contributed by atoms with Crippen LogP contribution in [-0.4, -0.2) is 27.2 Å². The van der Waals surface area contributed by atoms with Gasteiger partial charge in [-0.2, -0.15) is 13.2 Å². The first-order valence-corrected chi connectivity index (χ1v) is 9.11. The minimum Gasteiger partial charge on any atom is -0.443 e. The van der Waals surface area contributed by atoms with Gasteiger partial charge in [-0.3, -0.25) is 4.79 Å². The first kappa shape index (κ1) is 22.7. The van der Waals surface area contributed by atoms with Crippen molar-refractivity contribution in [1.29, 1.82) is 0 Å². The molecule has 0 bridgehead atoms. The third kappa shape index (κ3) is 5.71. The standard InChI is InChI=1S/C20H26F3N3O3/c1-11-8-13-12(24-16(11)25-15(27)10-18(2,3)4)9-14(20(21,22)23)26(13)17(28)29-19(5,6)7/h8-9H,10H2,1-7H3,(H,24,25,27). The number of nitrogens with one attached hydrogen (secondary N) is 1. The van der Waals surface area contributed by atoms with E-state index in [-0.39, 0.29) is 34.6 Å². The second kappa shape index (κ2) is 7.35. The summed E-state index contributed by atoms with van der Waals surface area (Å²) in [7, 11) is 0. The molecule has 2 aromatic rings. The number of anilines is 1. The number of aromatic nitrogens is 2. The second-order valence-corrected chi connectivity index (χ2v) is 9.19. The van der Waals surface area contributed by atoms with Crippen molar-refractivity contribution >= 4 is 28.9 Å². The van der Waals surface area contributed by atoms with Gasteiger partial charge in [-0.15, -0.1) is 0 Å². The fraction of sp³-hybridized carbons (Fsp3) is 0.550. The van der Waals surface area contributed by atoms with Crippen LogP contribution >= 0.6 is 0 Å². The summed E-state index contributed by atoms with van der Waals surface area (Å²) in [6.07, 6.45) is -5.72. The molecule has 2 heterocycles. The molecule has 0 atom stereocenters. The molecule has 0 spiro atoms. The molecule has 1 amide bonds. The van der Waals surface area contributed by atoms with E-state index < -0.39 is 23.6 Å². The third-order valence-corrected chi connectivity index (χ3v) is 3.79. The smallest absolute Gasteiger partial charge is 0.432 e. The molecule has 6 nitrogen and oxygen atoms in total. The molecule has 0 unspecified atom stereocenters. The molecule has 0 aromatic carbocycles. The molecule has 0 aliphatic rings. The molecule has 0 fully saturated rings. The highest BCUT2D eigenvalue weighted by Crippen LogP contribution is 2.35. The van der Waals surface area contributed by atoms with Gasteiger partial charge in [0, 0.05) is 6.42 Å². The van der Waals surface area contributed by atoms with Crippen LogP contribution in [0.2, 0.25) is 0 Å². The predicted octanol–water partition coefficient (Wildman–Crippen LogP) is 5.52. The molecule has 0 saturated carbocycles. The molecular weight excluding hydrogens is 387 g/mol. The zero-order valence-electron chi connectivity index (χ0n) is 17.6. The third-order valence-electron chi connectivity index (χ3n) is 3.79. The van der Waals surface area contributed by atoms with Crippen LogP contribution in [0.15, 0.2) is 12.1 Å². The summed E-state index contributed by atoms with van der Waals surface area (Å²) < 4.78 is 46.3. The highest BCUT2D eigenvalue weighted by atomic mass is 19.4. The SMILES string of the molecule is Cc1cc2c(cc(C(F)(F)F)n2C(=O)OC(C)(C)C)nc1NC(=O)CC(C)(C)C. The number of nitrogens with zero attached hydrogens (tertiary/aromatic N) is 2. The Morgan fingerprint density at radius 1 is 1.10 bits per heavy atom. The number of alkyl halides is 3. The summed E-state index contributed by atoms with van der Waals surface area (Å²) in [5, 5.41) is 2.64. The fourth-order valence-electron chi connectivity index (χ4n) is 2.72. The van der Waals surface area contributed by atoms with Gasteiger partial charge in [-0.25, -0.2) is 14.3 Å². The zero-order chi connectivity index (χ0) is 22.4. The Kier molecular flexibility index (Phi) is 5.75. The van der Waals surface area contributed by atoms with Crippen molar-refractivity contribution in [2.75, 3.05) is 5.32 Å². The summed E-state index contributed by atoms with van der Waals surface area (Å²) in [4.78, 5) is 28.8. The van der Waals surface area contributed by atoms with Gasteiger partial charge in [0.1, 0.15) is 17.1 Å². The van der Waals surface area contributed by atoms with E-state index in [4.69, 9.17) is 4.74 Å². The number of halogens is 3. The van der Waals surface area contributed by atoms with Gasteiger partial charge in [0.15, 0.2) is 0 Å². The van der Waals surface area contributed by atoms with Crippen molar-refractivity contribution in [3.05, 3.63) is 23.4 Å². The van der Waals surface area contributed by atoms with Crippen LogP contribution in [0, 0.1) is 12.3 Å². The van der Waals surface area contributed by atoms with E-state index in [1.54, 1.807) is 27.7 Å². The first-order chi connectivity index (χ1) is 13.0. The second-order valence-electron chi connectivity index (χ2n) is 9.19. The molecule has 2 aromatic heterocycles. The number of rotatable bonds is 2. The molecule has 1 N–H and O–H groups in total. The lowest BCUT2D eigenvalue weighted by molar-refractivity contribution is -0.142. The zero-order valence-corrected chi connectivity index (χ0v) is 17.6. The molecular formula is C20H26F3N3O3. The Bertz CT molecular complexity index is 948. The van der Waals surface area contributed by atoms with Crippen LogP contribution in [0.25, 0.3) is 11.0 Å². The van der Waals surface area contributed by atoms with Crippen molar-refractivity contribution in [1.82, 2.24) is 9.55 Å². The number of carbonyl (C=O) groups excluding carboxylic acids is 2. The molecule has 0 radical (unpaired) electrons. The summed E-state index contributed by atoms with van der Waals surface area (Å²) in [5.41, 5.74) is -2.10. The van der Waals surface area contributed by atoms with Crippen molar-refractivity contribution in [3.8, 4) is 0 Å². The number of aryl methyl sites for hydroxylation is 1. The molecule has 9 heteroatoms. The van der Waals surface area contributed by atoms with E-state index >= 15 is 0 Å². The molecule has 0 saturated heterocycles. The summed E-state index contributed by atoms with van der Waals surface area (Å²) >= 11 is 0. The quantitative estimate of drug-likeness (QED) is 0.703. The summed E-state index contributed by atoms with van der Waals surface area (Å²) in [6.45, 7) is 12.0. The van der Waals surface area contributed by atoms with Crippen molar-refractivity contribution in [2.45, 2.75) is 66.7 Å². The average Bonchev–Trinajstić information content (AvgIpc) is 2.82. The van der Waals surface area contributed by atoms with E-state index in [0.717, 1.165) is 6.07 Å². The fourth-order valence-corrected chi connectivity index (χ4v) is 2.72. The molecule has 0 aliphatic heterocycles. The highest BCUT2D eigenvalue weighted by Gasteiger charge is 2.39. The highest BCUT2D eigenvalue weighted by molar-refractivity contribution is 5.94.